The Morgan fingerprint density at radius 2 is 1.06 bits per heavy atom. The molecule has 160 valence electrons. The maximum atomic E-state index is 3.98. The smallest absolute Gasteiger partial charge is 0.0547 e. The van der Waals surface area contributed by atoms with E-state index in [1.165, 1.54) is 60.2 Å². The Bertz CT molecular complexity index is 1850. The van der Waals surface area contributed by atoms with Crippen LogP contribution in [0.2, 0.25) is 0 Å². The van der Waals surface area contributed by atoms with Gasteiger partial charge in [-0.2, -0.15) is 0 Å². The molecule has 7 rings (SSSR count). The molecule has 1 heterocycles. The zero-order chi connectivity index (χ0) is 22.6. The number of hydrogen-bond acceptors (Lipinski definition) is 0. The molecule has 0 aliphatic carbocycles. The van der Waals surface area contributed by atoms with Crippen LogP contribution >= 0.6 is 15.9 Å². The van der Waals surface area contributed by atoms with Gasteiger partial charge in [0.05, 0.1) is 11.0 Å². The van der Waals surface area contributed by atoms with Crippen molar-refractivity contribution in [2.24, 2.45) is 0 Å². The van der Waals surface area contributed by atoms with Crippen LogP contribution in [0, 0.1) is 0 Å². The fourth-order valence-corrected chi connectivity index (χ4v) is 6.03. The molecule has 0 N–H and O–H groups in total. The fraction of sp³-hybridized carbons (Fsp3) is 0. The average molecular weight is 498 g/mol. The molecule has 0 aliphatic rings. The van der Waals surface area contributed by atoms with Gasteiger partial charge in [-0.3, -0.25) is 0 Å². The van der Waals surface area contributed by atoms with Crippen LogP contribution in [0.4, 0.5) is 0 Å². The van der Waals surface area contributed by atoms with E-state index in [0.717, 1.165) is 4.47 Å². The zero-order valence-electron chi connectivity index (χ0n) is 18.4. The van der Waals surface area contributed by atoms with Crippen LogP contribution < -0.4 is 0 Å². The molecular formula is C32H20BrN. The lowest BCUT2D eigenvalue weighted by molar-refractivity contribution is 1.18. The third-order valence-electron chi connectivity index (χ3n) is 6.83. The molecule has 2 heteroatoms. The molecule has 0 unspecified atom stereocenters. The molecule has 0 atom stereocenters. The maximum Gasteiger partial charge on any atom is 0.0547 e. The summed E-state index contributed by atoms with van der Waals surface area (Å²) in [6, 6.07) is 43.6. The highest BCUT2D eigenvalue weighted by atomic mass is 79.9. The van der Waals surface area contributed by atoms with Gasteiger partial charge in [-0.1, -0.05) is 91.0 Å². The third kappa shape index (κ3) is 2.79. The standard InChI is InChI=1S/C32H20BrN/c33-32-25-17-8-7-16-24(25)31(21-11-3-1-4-12-21)27-20-30-26(19-28(27)32)23-15-9-10-18-29(23)34(30)22-13-5-2-6-14-22/h1-20H. The van der Waals surface area contributed by atoms with Crippen LogP contribution in [0.1, 0.15) is 0 Å². The third-order valence-corrected chi connectivity index (χ3v) is 7.68. The Morgan fingerprint density at radius 3 is 1.82 bits per heavy atom. The number of halogens is 1. The molecule has 0 saturated carbocycles. The summed E-state index contributed by atoms with van der Waals surface area (Å²) in [6.45, 7) is 0. The molecule has 0 radical (unpaired) electrons. The largest absolute Gasteiger partial charge is 0.309 e. The quantitative estimate of drug-likeness (QED) is 0.209. The van der Waals surface area contributed by atoms with E-state index in [0.29, 0.717) is 0 Å². The Labute approximate surface area is 206 Å². The molecular weight excluding hydrogens is 478 g/mol. The predicted octanol–water partition coefficient (Wildman–Crippen LogP) is 9.52. The lowest BCUT2D eigenvalue weighted by Gasteiger charge is -2.15. The van der Waals surface area contributed by atoms with E-state index in [1.807, 2.05) is 0 Å². The van der Waals surface area contributed by atoms with Crippen LogP contribution in [0.15, 0.2) is 126 Å². The second-order valence-electron chi connectivity index (χ2n) is 8.70. The van der Waals surface area contributed by atoms with Crippen molar-refractivity contribution in [1.29, 1.82) is 0 Å². The van der Waals surface area contributed by atoms with E-state index in [4.69, 9.17) is 0 Å². The first-order valence-electron chi connectivity index (χ1n) is 11.5. The van der Waals surface area contributed by atoms with E-state index in [1.54, 1.807) is 0 Å². The minimum Gasteiger partial charge on any atom is -0.309 e. The van der Waals surface area contributed by atoms with Gasteiger partial charge in [-0.05, 0) is 78.9 Å². The number of rotatable bonds is 2. The minimum absolute atomic E-state index is 1.15. The Kier molecular flexibility index (Phi) is 4.36. The summed E-state index contributed by atoms with van der Waals surface area (Å²) in [5.74, 6) is 0. The highest BCUT2D eigenvalue weighted by Crippen LogP contribution is 2.44. The molecule has 0 spiro atoms. The molecule has 0 amide bonds. The monoisotopic (exact) mass is 497 g/mol. The zero-order valence-corrected chi connectivity index (χ0v) is 20.0. The van der Waals surface area contributed by atoms with Crippen molar-refractivity contribution in [3.8, 4) is 16.8 Å². The predicted molar refractivity (Wildman–Crippen MR) is 149 cm³/mol. The summed E-state index contributed by atoms with van der Waals surface area (Å²) in [6.07, 6.45) is 0. The van der Waals surface area contributed by atoms with E-state index >= 15 is 0 Å². The van der Waals surface area contributed by atoms with Gasteiger partial charge in [0.2, 0.25) is 0 Å². The highest BCUT2D eigenvalue weighted by Gasteiger charge is 2.18. The van der Waals surface area contributed by atoms with Crippen molar-refractivity contribution in [3.63, 3.8) is 0 Å². The molecule has 6 aromatic carbocycles. The first-order chi connectivity index (χ1) is 16.8. The second-order valence-corrected chi connectivity index (χ2v) is 9.50. The first kappa shape index (κ1) is 19.6. The molecule has 0 fully saturated rings. The fourth-order valence-electron chi connectivity index (χ4n) is 5.36. The van der Waals surface area contributed by atoms with Gasteiger partial charge in [-0.25, -0.2) is 0 Å². The van der Waals surface area contributed by atoms with Gasteiger partial charge < -0.3 is 4.57 Å². The minimum atomic E-state index is 1.15. The summed E-state index contributed by atoms with van der Waals surface area (Å²) in [5, 5.41) is 7.52. The number of nitrogens with zero attached hydrogens (tertiary/aromatic N) is 1. The van der Waals surface area contributed by atoms with Crippen molar-refractivity contribution in [3.05, 3.63) is 126 Å². The lowest BCUT2D eigenvalue weighted by atomic mass is 9.91. The van der Waals surface area contributed by atoms with Crippen LogP contribution in [-0.4, -0.2) is 4.57 Å². The molecule has 0 bridgehead atoms. The number of para-hydroxylation sites is 2. The molecule has 34 heavy (non-hydrogen) atoms. The van der Waals surface area contributed by atoms with Gasteiger partial charge in [0.15, 0.2) is 0 Å². The average Bonchev–Trinajstić information content (AvgIpc) is 3.22. The van der Waals surface area contributed by atoms with Crippen molar-refractivity contribution in [1.82, 2.24) is 4.57 Å². The molecule has 1 nitrogen and oxygen atoms in total. The van der Waals surface area contributed by atoms with Crippen molar-refractivity contribution in [2.45, 2.75) is 0 Å². The topological polar surface area (TPSA) is 4.93 Å². The van der Waals surface area contributed by atoms with E-state index < -0.39 is 0 Å². The lowest BCUT2D eigenvalue weighted by Crippen LogP contribution is -1.94. The molecule has 0 saturated heterocycles. The summed E-state index contributed by atoms with van der Waals surface area (Å²) in [5.41, 5.74) is 6.13. The Hall–Kier alpha value is -3.88. The molecule has 1 aromatic heterocycles. The second kappa shape index (κ2) is 7.58. The van der Waals surface area contributed by atoms with Gasteiger partial charge >= 0.3 is 0 Å². The summed E-state index contributed by atoms with van der Waals surface area (Å²) < 4.78 is 3.54. The number of aromatic nitrogens is 1. The summed E-state index contributed by atoms with van der Waals surface area (Å²) in [4.78, 5) is 0. The Morgan fingerprint density at radius 1 is 0.441 bits per heavy atom. The summed E-state index contributed by atoms with van der Waals surface area (Å²) >= 11 is 3.98. The van der Waals surface area contributed by atoms with Crippen molar-refractivity contribution in [2.75, 3.05) is 0 Å². The SMILES string of the molecule is Brc1c2ccccc2c(-c2ccccc2)c2cc3c(cc12)c1ccccc1n3-c1ccccc1. The highest BCUT2D eigenvalue weighted by molar-refractivity contribution is 9.10. The van der Waals surface area contributed by atoms with Gasteiger partial charge in [-0.15, -0.1) is 0 Å². The Balaban J connectivity index is 1.74. The number of benzene rings is 6. The first-order valence-corrected chi connectivity index (χ1v) is 12.3. The van der Waals surface area contributed by atoms with E-state index in [9.17, 15) is 0 Å². The molecule has 0 aliphatic heterocycles. The van der Waals surface area contributed by atoms with Crippen molar-refractivity contribution >= 4 is 59.3 Å². The van der Waals surface area contributed by atoms with Crippen LogP contribution in [-0.2, 0) is 0 Å². The normalized spacial score (nSPS) is 11.7. The van der Waals surface area contributed by atoms with Crippen LogP contribution in [0.5, 0.6) is 0 Å². The number of hydrogen-bond donors (Lipinski definition) is 0. The van der Waals surface area contributed by atoms with E-state index in [-0.39, 0.29) is 0 Å². The van der Waals surface area contributed by atoms with Gasteiger partial charge in [0.25, 0.3) is 0 Å². The van der Waals surface area contributed by atoms with Gasteiger partial charge in [0.1, 0.15) is 0 Å². The van der Waals surface area contributed by atoms with Crippen LogP contribution in [0.3, 0.4) is 0 Å². The summed E-state index contributed by atoms with van der Waals surface area (Å²) in [7, 11) is 0. The van der Waals surface area contributed by atoms with Crippen molar-refractivity contribution < 1.29 is 0 Å². The maximum absolute atomic E-state index is 3.98. The van der Waals surface area contributed by atoms with Crippen LogP contribution in [0.25, 0.3) is 60.2 Å². The number of fused-ring (bicyclic) bond motifs is 5. The van der Waals surface area contributed by atoms with Gasteiger partial charge in [0, 0.05) is 20.9 Å². The molecule has 7 aromatic rings. The van der Waals surface area contributed by atoms with E-state index in [2.05, 4.69) is 142 Å².